The van der Waals surface area contributed by atoms with Crippen LogP contribution in [0, 0.1) is 33.4 Å². The zero-order valence-electron chi connectivity index (χ0n) is 12.2. The maximum absolute atomic E-state index is 13.6. The second-order valence-electron chi connectivity index (χ2n) is 4.73. The van der Waals surface area contributed by atoms with Crippen LogP contribution < -0.4 is 5.43 Å². The average molecular weight is 381 g/mol. The molecule has 0 radical (unpaired) electrons. The van der Waals surface area contributed by atoms with E-state index in [4.69, 9.17) is 0 Å². The van der Waals surface area contributed by atoms with Gasteiger partial charge in [0.25, 0.3) is 5.69 Å². The Labute approximate surface area is 139 Å². The lowest BCUT2D eigenvalue weighted by molar-refractivity contribution is -0.384. The van der Waals surface area contributed by atoms with E-state index in [2.05, 4.69) is 5.10 Å². The summed E-state index contributed by atoms with van der Waals surface area (Å²) in [5.74, 6) is -9.92. The Morgan fingerprint density at radius 1 is 1.04 bits per heavy atom. The van der Waals surface area contributed by atoms with Crippen LogP contribution in [0.2, 0.25) is 0 Å². The number of halogens is 7. The highest BCUT2D eigenvalue weighted by Gasteiger charge is 2.42. The first-order chi connectivity index (χ1) is 12.0. The van der Waals surface area contributed by atoms with Gasteiger partial charge in [-0.1, -0.05) is 12.1 Å². The van der Waals surface area contributed by atoms with E-state index in [0.29, 0.717) is 0 Å². The van der Waals surface area contributed by atoms with Gasteiger partial charge in [-0.2, -0.15) is 18.3 Å². The molecule has 2 rings (SSSR count). The Kier molecular flexibility index (Phi) is 5.14. The molecule has 0 aliphatic carbocycles. The van der Waals surface area contributed by atoms with E-state index in [1.807, 2.05) is 0 Å². The number of nitro groups is 1. The third kappa shape index (κ3) is 3.73. The van der Waals surface area contributed by atoms with Crippen LogP contribution in [-0.2, 0) is 6.18 Å². The third-order valence-corrected chi connectivity index (χ3v) is 3.02. The largest absolute Gasteiger partial charge is 0.422 e. The molecule has 1 N–H and O–H groups in total. The van der Waals surface area contributed by atoms with Crippen LogP contribution in [0.1, 0.15) is 11.1 Å². The van der Waals surface area contributed by atoms with Crippen molar-refractivity contribution < 1.29 is 35.7 Å². The lowest BCUT2D eigenvalue weighted by Crippen LogP contribution is -2.16. The van der Waals surface area contributed by atoms with Crippen LogP contribution in [0.4, 0.5) is 42.1 Å². The van der Waals surface area contributed by atoms with Crippen molar-refractivity contribution in [3.63, 3.8) is 0 Å². The van der Waals surface area contributed by atoms with Crippen molar-refractivity contribution in [2.45, 2.75) is 6.18 Å². The van der Waals surface area contributed by atoms with Crippen LogP contribution in [-0.4, -0.2) is 11.1 Å². The molecule has 0 heterocycles. The lowest BCUT2D eigenvalue weighted by Gasteiger charge is -2.13. The number of hydrogen-bond donors (Lipinski definition) is 1. The minimum atomic E-state index is -5.65. The number of nitrogens with one attached hydrogen (secondary N) is 1. The van der Waals surface area contributed by atoms with Crippen LogP contribution in [0.5, 0.6) is 0 Å². The number of anilines is 1. The Balaban J connectivity index is 2.36. The van der Waals surface area contributed by atoms with Gasteiger partial charge in [0.15, 0.2) is 23.3 Å². The lowest BCUT2D eigenvalue weighted by atomic mass is 10.1. The minimum Gasteiger partial charge on any atom is -0.272 e. The van der Waals surface area contributed by atoms with E-state index in [0.717, 1.165) is 18.3 Å². The van der Waals surface area contributed by atoms with Crippen LogP contribution in [0.3, 0.4) is 0 Å². The number of nitro benzene ring substituents is 1. The van der Waals surface area contributed by atoms with Gasteiger partial charge in [0.05, 0.1) is 11.1 Å². The van der Waals surface area contributed by atoms with E-state index in [1.54, 1.807) is 5.43 Å². The molecule has 0 spiro atoms. The van der Waals surface area contributed by atoms with Crippen molar-refractivity contribution in [3.05, 3.63) is 68.8 Å². The van der Waals surface area contributed by atoms with Crippen molar-refractivity contribution in [3.8, 4) is 0 Å². The van der Waals surface area contributed by atoms with E-state index in [-0.39, 0.29) is 11.3 Å². The molecule has 0 atom stereocenters. The molecule has 2 aromatic rings. The summed E-state index contributed by atoms with van der Waals surface area (Å²) >= 11 is 0. The summed E-state index contributed by atoms with van der Waals surface area (Å²) in [5, 5.41) is 13.8. The molecule has 138 valence electrons. The summed E-state index contributed by atoms with van der Waals surface area (Å²) in [6.45, 7) is 0. The molecule has 0 saturated heterocycles. The number of hydrogen-bond acceptors (Lipinski definition) is 4. The number of rotatable bonds is 4. The summed E-state index contributed by atoms with van der Waals surface area (Å²) in [7, 11) is 0. The summed E-state index contributed by atoms with van der Waals surface area (Å²) in [4.78, 5) is 9.87. The monoisotopic (exact) mass is 381 g/mol. The van der Waals surface area contributed by atoms with Crippen molar-refractivity contribution in [2.24, 2.45) is 5.10 Å². The zero-order valence-corrected chi connectivity index (χ0v) is 12.2. The number of alkyl halides is 3. The zero-order chi connectivity index (χ0) is 19.6. The molecule has 26 heavy (non-hydrogen) atoms. The predicted octanol–water partition coefficient (Wildman–Crippen LogP) is 4.62. The number of nitrogens with zero attached hydrogens (tertiary/aromatic N) is 2. The molecule has 0 bridgehead atoms. The van der Waals surface area contributed by atoms with E-state index in [1.165, 1.54) is 12.1 Å². The first kappa shape index (κ1) is 19.1. The van der Waals surface area contributed by atoms with Crippen LogP contribution >= 0.6 is 0 Å². The minimum absolute atomic E-state index is 0.0698. The van der Waals surface area contributed by atoms with E-state index >= 15 is 0 Å². The number of hydrazone groups is 1. The number of non-ortho nitro benzene ring substituents is 1. The van der Waals surface area contributed by atoms with Crippen molar-refractivity contribution >= 4 is 17.6 Å². The molecule has 0 aliphatic heterocycles. The van der Waals surface area contributed by atoms with Gasteiger partial charge in [-0.25, -0.2) is 17.6 Å². The molecule has 12 heteroatoms. The van der Waals surface area contributed by atoms with Crippen molar-refractivity contribution in [1.82, 2.24) is 0 Å². The molecule has 0 amide bonds. The Bertz CT molecular complexity index is 868. The summed E-state index contributed by atoms with van der Waals surface area (Å²) in [5.41, 5.74) is -3.02. The average Bonchev–Trinajstić information content (AvgIpc) is 2.55. The van der Waals surface area contributed by atoms with Gasteiger partial charge < -0.3 is 0 Å². The molecular formula is C14H6F7N3O2. The topological polar surface area (TPSA) is 67.5 Å². The SMILES string of the molecule is O=[N+]([O-])c1cccc(/C=N/Nc2c(F)c(F)c(C(F)(F)F)c(F)c2F)c1. The highest BCUT2D eigenvalue weighted by Crippen LogP contribution is 2.38. The fraction of sp³-hybridized carbons (Fsp3) is 0.0714. The second-order valence-corrected chi connectivity index (χ2v) is 4.73. The molecule has 0 unspecified atom stereocenters. The first-order valence-electron chi connectivity index (χ1n) is 6.50. The quantitative estimate of drug-likeness (QED) is 0.276. The molecule has 0 aromatic heterocycles. The standard InChI is InChI=1S/C14H6F7N3O2/c15-9-8(14(19,20)21)10(16)12(18)13(11(9)17)23-22-5-6-2-1-3-7(4-6)24(25)26/h1-5,23H/b22-5+. The van der Waals surface area contributed by atoms with Gasteiger partial charge in [-0.3, -0.25) is 15.5 Å². The van der Waals surface area contributed by atoms with Gasteiger partial charge in [0.2, 0.25) is 0 Å². The van der Waals surface area contributed by atoms with E-state index < -0.39 is 45.6 Å². The fourth-order valence-electron chi connectivity index (χ4n) is 1.87. The first-order valence-corrected chi connectivity index (χ1v) is 6.50. The van der Waals surface area contributed by atoms with Gasteiger partial charge in [0, 0.05) is 17.7 Å². The maximum Gasteiger partial charge on any atom is 0.422 e. The summed E-state index contributed by atoms with van der Waals surface area (Å²) in [6.07, 6.45) is -4.85. The highest BCUT2D eigenvalue weighted by atomic mass is 19.4. The molecule has 0 fully saturated rings. The van der Waals surface area contributed by atoms with Gasteiger partial charge in [-0.05, 0) is 0 Å². The predicted molar refractivity (Wildman–Crippen MR) is 75.6 cm³/mol. The maximum atomic E-state index is 13.6. The Morgan fingerprint density at radius 2 is 1.62 bits per heavy atom. The molecule has 0 aliphatic rings. The normalized spacial score (nSPS) is 11.8. The van der Waals surface area contributed by atoms with E-state index in [9.17, 15) is 40.8 Å². The number of benzene rings is 2. The van der Waals surface area contributed by atoms with Crippen molar-refractivity contribution in [2.75, 3.05) is 5.43 Å². The van der Waals surface area contributed by atoms with Gasteiger partial charge in [0.1, 0.15) is 11.3 Å². The van der Waals surface area contributed by atoms with Crippen molar-refractivity contribution in [1.29, 1.82) is 0 Å². The smallest absolute Gasteiger partial charge is 0.272 e. The summed E-state index contributed by atoms with van der Waals surface area (Å²) in [6, 6.07) is 4.73. The molecule has 5 nitrogen and oxygen atoms in total. The van der Waals surface area contributed by atoms with Gasteiger partial charge in [-0.15, -0.1) is 0 Å². The molecule has 2 aromatic carbocycles. The molecular weight excluding hydrogens is 375 g/mol. The van der Waals surface area contributed by atoms with Crippen LogP contribution in [0.25, 0.3) is 0 Å². The third-order valence-electron chi connectivity index (χ3n) is 3.02. The Hall–Kier alpha value is -3.18. The summed E-state index contributed by atoms with van der Waals surface area (Å²) < 4.78 is 91.5. The Morgan fingerprint density at radius 3 is 2.12 bits per heavy atom. The fourth-order valence-corrected chi connectivity index (χ4v) is 1.87. The second kappa shape index (κ2) is 6.98. The molecule has 0 saturated carbocycles. The van der Waals surface area contributed by atoms with Gasteiger partial charge >= 0.3 is 6.18 Å². The van der Waals surface area contributed by atoms with Crippen LogP contribution in [0.15, 0.2) is 29.4 Å². The highest BCUT2D eigenvalue weighted by molar-refractivity contribution is 5.81.